The number of allylic oxidation sites excluding steroid dienone is 1. The van der Waals surface area contributed by atoms with Crippen molar-refractivity contribution < 1.29 is 24.5 Å². The topological polar surface area (TPSA) is 76.0 Å². The molecule has 1 aliphatic heterocycles. The molecule has 0 radical (unpaired) electrons. The van der Waals surface area contributed by atoms with Crippen molar-refractivity contribution in [3.8, 4) is 11.5 Å². The van der Waals surface area contributed by atoms with E-state index in [-0.39, 0.29) is 23.5 Å². The molecule has 182 valence electrons. The Labute approximate surface area is 202 Å². The lowest BCUT2D eigenvalue weighted by atomic mass is 9.84. The Bertz CT molecular complexity index is 1010. The molecule has 1 aliphatic carbocycles. The Morgan fingerprint density at radius 1 is 1.06 bits per heavy atom. The molecule has 4 rings (SSSR count). The van der Waals surface area contributed by atoms with E-state index in [1.165, 1.54) is 17.2 Å². The van der Waals surface area contributed by atoms with Gasteiger partial charge in [0, 0.05) is 6.07 Å². The number of carbonyl (C=O) groups excluding carboxylic acids is 1. The van der Waals surface area contributed by atoms with Crippen LogP contribution in [0.3, 0.4) is 0 Å². The van der Waals surface area contributed by atoms with Crippen molar-refractivity contribution in [3.05, 3.63) is 64.7 Å². The summed E-state index contributed by atoms with van der Waals surface area (Å²) in [4.78, 5) is 12.9. The molecule has 0 fully saturated rings. The number of aliphatic hydroxyl groups excluding tert-OH is 1. The minimum Gasteiger partial charge on any atom is -0.507 e. The molecule has 2 N–H and O–H groups in total. The number of aromatic hydroxyl groups is 1. The van der Waals surface area contributed by atoms with E-state index in [0.717, 1.165) is 44.9 Å². The Morgan fingerprint density at radius 3 is 2.71 bits per heavy atom. The molecule has 0 aromatic heterocycles. The molecule has 34 heavy (non-hydrogen) atoms. The highest BCUT2D eigenvalue weighted by atomic mass is 16.5. The van der Waals surface area contributed by atoms with Crippen LogP contribution >= 0.6 is 0 Å². The largest absolute Gasteiger partial charge is 0.507 e. The van der Waals surface area contributed by atoms with Gasteiger partial charge in [-0.2, -0.15) is 0 Å². The number of esters is 1. The first-order valence-electron chi connectivity index (χ1n) is 12.6. The van der Waals surface area contributed by atoms with Gasteiger partial charge in [0.15, 0.2) is 0 Å². The molecular formula is C29H36O5. The number of phenols is 1. The van der Waals surface area contributed by atoms with Crippen LogP contribution in [0.25, 0.3) is 6.08 Å². The number of cyclic esters (lactones) is 1. The standard InChI is InChI=1S/C29H36O5/c1-20-8-7-13-25(30)12-4-2-3-11-24-17-26(18-27(31)28(24)29(32)34-20)33-19-21-14-15-22-9-5-6-10-23(22)16-21/h3,5-6,9-11,17-18,20-21,25,30-31H,2,4,7-8,12-16,19H2,1H3/b11-3+/t20-,21?,25+/m0/s1. The smallest absolute Gasteiger partial charge is 0.342 e. The number of aliphatic hydroxyl groups is 1. The number of ether oxygens (including phenoxy) is 2. The first kappa shape index (κ1) is 24.3. The second-order valence-corrected chi connectivity index (χ2v) is 9.73. The van der Waals surface area contributed by atoms with Crippen molar-refractivity contribution in [2.24, 2.45) is 5.92 Å². The quantitative estimate of drug-likeness (QED) is 0.557. The summed E-state index contributed by atoms with van der Waals surface area (Å²) < 4.78 is 11.7. The van der Waals surface area contributed by atoms with E-state index in [1.807, 2.05) is 25.1 Å². The molecule has 1 heterocycles. The summed E-state index contributed by atoms with van der Waals surface area (Å²) in [5.74, 6) is 0.319. The van der Waals surface area contributed by atoms with Crippen LogP contribution in [0, 0.1) is 5.92 Å². The van der Waals surface area contributed by atoms with E-state index >= 15 is 0 Å². The Kier molecular flexibility index (Phi) is 8.28. The van der Waals surface area contributed by atoms with Gasteiger partial charge >= 0.3 is 5.97 Å². The number of phenolic OH excluding ortho intramolecular Hbond substituents is 1. The van der Waals surface area contributed by atoms with Crippen molar-refractivity contribution in [1.29, 1.82) is 0 Å². The van der Waals surface area contributed by atoms with Crippen molar-refractivity contribution >= 4 is 12.0 Å². The van der Waals surface area contributed by atoms with Crippen molar-refractivity contribution in [2.45, 2.75) is 76.9 Å². The first-order valence-corrected chi connectivity index (χ1v) is 12.6. The fourth-order valence-electron chi connectivity index (χ4n) is 4.96. The van der Waals surface area contributed by atoms with Gasteiger partial charge in [0.2, 0.25) is 0 Å². The SMILES string of the molecule is C[C@H]1CCC[C@H](O)CCC/C=C/c2cc(OCC3CCc4ccccc4C3)cc(O)c2C(=O)O1. The minimum atomic E-state index is -0.530. The molecule has 0 amide bonds. The van der Waals surface area contributed by atoms with Gasteiger partial charge in [0.25, 0.3) is 0 Å². The molecule has 1 unspecified atom stereocenters. The summed E-state index contributed by atoms with van der Waals surface area (Å²) in [6.07, 6.45) is 10.9. The lowest BCUT2D eigenvalue weighted by Gasteiger charge is -2.25. The van der Waals surface area contributed by atoms with Crippen LogP contribution in [0.15, 0.2) is 42.5 Å². The number of fused-ring (bicyclic) bond motifs is 2. The van der Waals surface area contributed by atoms with E-state index in [9.17, 15) is 15.0 Å². The van der Waals surface area contributed by atoms with Gasteiger partial charge in [-0.15, -0.1) is 0 Å². The number of carbonyl (C=O) groups is 1. The van der Waals surface area contributed by atoms with Crippen LogP contribution in [0.1, 0.15) is 78.9 Å². The third-order valence-electron chi connectivity index (χ3n) is 6.92. The monoisotopic (exact) mass is 464 g/mol. The highest BCUT2D eigenvalue weighted by Gasteiger charge is 2.23. The van der Waals surface area contributed by atoms with Crippen LogP contribution < -0.4 is 4.74 Å². The van der Waals surface area contributed by atoms with E-state index in [0.29, 0.717) is 36.7 Å². The number of benzene rings is 2. The summed E-state index contributed by atoms with van der Waals surface area (Å²) in [7, 11) is 0. The van der Waals surface area contributed by atoms with Gasteiger partial charge in [0.1, 0.15) is 17.1 Å². The summed E-state index contributed by atoms with van der Waals surface area (Å²) in [6, 6.07) is 11.9. The molecular weight excluding hydrogens is 428 g/mol. The normalized spacial score (nSPS) is 24.8. The average Bonchev–Trinajstić information content (AvgIpc) is 2.81. The van der Waals surface area contributed by atoms with E-state index < -0.39 is 5.97 Å². The summed E-state index contributed by atoms with van der Waals surface area (Å²) in [6.45, 7) is 2.41. The van der Waals surface area contributed by atoms with Crippen molar-refractivity contribution in [3.63, 3.8) is 0 Å². The maximum absolute atomic E-state index is 12.9. The second-order valence-electron chi connectivity index (χ2n) is 9.73. The zero-order valence-electron chi connectivity index (χ0n) is 20.0. The Balaban J connectivity index is 1.50. The van der Waals surface area contributed by atoms with Gasteiger partial charge < -0.3 is 19.7 Å². The highest BCUT2D eigenvalue weighted by molar-refractivity contribution is 5.97. The van der Waals surface area contributed by atoms with Crippen LogP contribution in [0.2, 0.25) is 0 Å². The number of rotatable bonds is 3. The summed E-state index contributed by atoms with van der Waals surface area (Å²) >= 11 is 0. The first-order chi connectivity index (χ1) is 16.5. The maximum atomic E-state index is 12.9. The molecule has 0 spiro atoms. The van der Waals surface area contributed by atoms with Gasteiger partial charge in [-0.1, -0.05) is 36.4 Å². The molecule has 0 saturated heterocycles. The zero-order chi connectivity index (χ0) is 23.9. The second kappa shape index (κ2) is 11.6. The lowest BCUT2D eigenvalue weighted by Crippen LogP contribution is -2.21. The zero-order valence-corrected chi connectivity index (χ0v) is 20.0. The number of aryl methyl sites for hydroxylation is 1. The number of hydrogen-bond donors (Lipinski definition) is 2. The van der Waals surface area contributed by atoms with Crippen LogP contribution in [-0.4, -0.2) is 35.0 Å². The number of hydrogen-bond acceptors (Lipinski definition) is 5. The fourth-order valence-corrected chi connectivity index (χ4v) is 4.96. The Hall–Kier alpha value is -2.79. The Morgan fingerprint density at radius 2 is 1.85 bits per heavy atom. The van der Waals surface area contributed by atoms with Gasteiger partial charge in [-0.05, 0) is 93.4 Å². The van der Waals surface area contributed by atoms with Gasteiger partial charge in [0.05, 0.1) is 18.8 Å². The molecule has 0 saturated carbocycles. The van der Waals surface area contributed by atoms with E-state index in [2.05, 4.69) is 24.3 Å². The highest BCUT2D eigenvalue weighted by Crippen LogP contribution is 2.32. The molecule has 5 nitrogen and oxygen atoms in total. The fraction of sp³-hybridized carbons (Fsp3) is 0.483. The molecule has 2 aliphatic rings. The van der Waals surface area contributed by atoms with E-state index in [4.69, 9.17) is 9.47 Å². The van der Waals surface area contributed by atoms with Crippen LogP contribution in [0.5, 0.6) is 11.5 Å². The maximum Gasteiger partial charge on any atom is 0.342 e. The molecule has 5 heteroatoms. The van der Waals surface area contributed by atoms with Crippen LogP contribution in [-0.2, 0) is 17.6 Å². The van der Waals surface area contributed by atoms with Gasteiger partial charge in [-0.25, -0.2) is 4.79 Å². The molecule has 3 atom stereocenters. The molecule has 2 aromatic carbocycles. The summed E-state index contributed by atoms with van der Waals surface area (Å²) in [5, 5.41) is 20.9. The minimum absolute atomic E-state index is 0.120. The van der Waals surface area contributed by atoms with Crippen molar-refractivity contribution in [1.82, 2.24) is 0 Å². The van der Waals surface area contributed by atoms with Gasteiger partial charge in [-0.3, -0.25) is 0 Å². The third kappa shape index (κ3) is 6.41. The predicted octanol–water partition coefficient (Wildman–Crippen LogP) is 5.85. The third-order valence-corrected chi connectivity index (χ3v) is 6.92. The molecule has 0 bridgehead atoms. The van der Waals surface area contributed by atoms with E-state index in [1.54, 1.807) is 0 Å². The van der Waals surface area contributed by atoms with Crippen LogP contribution in [0.4, 0.5) is 0 Å². The summed E-state index contributed by atoms with van der Waals surface area (Å²) in [5.41, 5.74) is 3.59. The predicted molar refractivity (Wildman–Crippen MR) is 133 cm³/mol. The lowest BCUT2D eigenvalue weighted by molar-refractivity contribution is 0.0307. The van der Waals surface area contributed by atoms with Crippen molar-refractivity contribution in [2.75, 3.05) is 6.61 Å². The average molecular weight is 465 g/mol. The molecule has 2 aromatic rings.